The standard InChI is InChI=1S/C15H15ClN4O3/c1-2-19-8-10(15(22)23)12(21)9-7-11(16)14(18-13(9)19)20-5-3-17-4-6-20/h2,7-8,17H,1,3-6H2,(H,22,23). The molecule has 1 saturated heterocycles. The molecule has 0 atom stereocenters. The summed E-state index contributed by atoms with van der Waals surface area (Å²) in [5.41, 5.74) is -0.606. The van der Waals surface area contributed by atoms with Crippen molar-refractivity contribution in [3.8, 4) is 0 Å². The van der Waals surface area contributed by atoms with Crippen LogP contribution in [0, 0.1) is 0 Å². The molecule has 23 heavy (non-hydrogen) atoms. The van der Waals surface area contributed by atoms with E-state index in [1.165, 1.54) is 23.0 Å². The van der Waals surface area contributed by atoms with Crippen molar-refractivity contribution in [2.24, 2.45) is 0 Å². The highest BCUT2D eigenvalue weighted by molar-refractivity contribution is 6.33. The number of carboxylic acids is 1. The first-order valence-electron chi connectivity index (χ1n) is 7.10. The molecule has 0 amide bonds. The van der Waals surface area contributed by atoms with Crippen LogP contribution in [0.25, 0.3) is 17.2 Å². The highest BCUT2D eigenvalue weighted by atomic mass is 35.5. The van der Waals surface area contributed by atoms with Crippen LogP contribution in [0.1, 0.15) is 10.4 Å². The second-order valence-corrected chi connectivity index (χ2v) is 5.58. The van der Waals surface area contributed by atoms with Crippen LogP contribution < -0.4 is 15.6 Å². The Hall–Kier alpha value is -2.38. The van der Waals surface area contributed by atoms with E-state index in [0.717, 1.165) is 26.2 Å². The topological polar surface area (TPSA) is 87.5 Å². The van der Waals surface area contributed by atoms with Gasteiger partial charge in [-0.3, -0.25) is 4.79 Å². The summed E-state index contributed by atoms with van der Waals surface area (Å²) in [6, 6.07) is 1.48. The summed E-state index contributed by atoms with van der Waals surface area (Å²) in [6.45, 7) is 6.80. The molecule has 0 aromatic carbocycles. The molecule has 0 bridgehead atoms. The molecular formula is C15H15ClN4O3. The fourth-order valence-electron chi connectivity index (χ4n) is 2.63. The molecule has 1 aliphatic heterocycles. The third kappa shape index (κ3) is 2.69. The average molecular weight is 335 g/mol. The SMILES string of the molecule is C=Cn1cc(C(=O)O)c(=O)c2cc(Cl)c(N3CCNCC3)nc21. The molecule has 3 heterocycles. The van der Waals surface area contributed by atoms with E-state index in [4.69, 9.17) is 16.7 Å². The second kappa shape index (κ2) is 6.02. The number of carbonyl (C=O) groups is 1. The van der Waals surface area contributed by atoms with Crippen LogP contribution in [0.4, 0.5) is 5.82 Å². The van der Waals surface area contributed by atoms with Gasteiger partial charge in [0.25, 0.3) is 0 Å². The lowest BCUT2D eigenvalue weighted by Gasteiger charge is -2.29. The maximum absolute atomic E-state index is 12.3. The van der Waals surface area contributed by atoms with Gasteiger partial charge in [0, 0.05) is 38.6 Å². The van der Waals surface area contributed by atoms with Gasteiger partial charge in [-0.1, -0.05) is 18.2 Å². The summed E-state index contributed by atoms with van der Waals surface area (Å²) in [5.74, 6) is -0.714. The number of rotatable bonds is 3. The first kappa shape index (κ1) is 15.5. The van der Waals surface area contributed by atoms with Crippen LogP contribution in [0.2, 0.25) is 5.02 Å². The van der Waals surface area contributed by atoms with E-state index in [2.05, 4.69) is 16.9 Å². The number of hydrogen-bond donors (Lipinski definition) is 2. The smallest absolute Gasteiger partial charge is 0.341 e. The minimum atomic E-state index is -1.30. The molecule has 7 nitrogen and oxygen atoms in total. The number of piperazine rings is 1. The van der Waals surface area contributed by atoms with Gasteiger partial charge in [0.1, 0.15) is 17.0 Å². The molecule has 1 aliphatic rings. The van der Waals surface area contributed by atoms with Crippen molar-refractivity contribution >= 4 is 40.6 Å². The molecule has 1 fully saturated rings. The number of carboxylic acid groups (broad SMARTS) is 1. The summed E-state index contributed by atoms with van der Waals surface area (Å²) in [5, 5.41) is 12.9. The molecule has 0 aliphatic carbocycles. The maximum Gasteiger partial charge on any atom is 0.341 e. The number of fused-ring (bicyclic) bond motifs is 1. The minimum Gasteiger partial charge on any atom is -0.477 e. The Labute approximate surface area is 136 Å². The van der Waals surface area contributed by atoms with Crippen LogP contribution in [0.5, 0.6) is 0 Å². The van der Waals surface area contributed by atoms with Gasteiger partial charge in [0.05, 0.1) is 10.4 Å². The van der Waals surface area contributed by atoms with Crippen molar-refractivity contribution in [2.45, 2.75) is 0 Å². The van der Waals surface area contributed by atoms with Crippen LogP contribution in [0.3, 0.4) is 0 Å². The third-order valence-corrected chi connectivity index (χ3v) is 4.06. The van der Waals surface area contributed by atoms with Crippen molar-refractivity contribution in [3.63, 3.8) is 0 Å². The number of aromatic nitrogens is 2. The van der Waals surface area contributed by atoms with Crippen LogP contribution in [-0.4, -0.2) is 46.8 Å². The third-order valence-electron chi connectivity index (χ3n) is 3.78. The number of nitrogens with one attached hydrogen (secondary N) is 1. The first-order valence-corrected chi connectivity index (χ1v) is 7.47. The summed E-state index contributed by atoms with van der Waals surface area (Å²) in [4.78, 5) is 30.1. The number of halogens is 1. The van der Waals surface area contributed by atoms with Gasteiger partial charge in [-0.05, 0) is 6.07 Å². The van der Waals surface area contributed by atoms with E-state index in [9.17, 15) is 9.59 Å². The lowest BCUT2D eigenvalue weighted by atomic mass is 10.2. The van der Waals surface area contributed by atoms with Gasteiger partial charge in [-0.2, -0.15) is 0 Å². The fourth-order valence-corrected chi connectivity index (χ4v) is 2.90. The molecule has 0 radical (unpaired) electrons. The molecular weight excluding hydrogens is 320 g/mol. The number of hydrogen-bond acceptors (Lipinski definition) is 5. The van der Waals surface area contributed by atoms with E-state index in [-0.39, 0.29) is 10.9 Å². The van der Waals surface area contributed by atoms with Crippen molar-refractivity contribution in [2.75, 3.05) is 31.1 Å². The van der Waals surface area contributed by atoms with Crippen LogP contribution in [0.15, 0.2) is 23.6 Å². The highest BCUT2D eigenvalue weighted by Crippen LogP contribution is 2.27. The van der Waals surface area contributed by atoms with Gasteiger partial charge >= 0.3 is 5.97 Å². The van der Waals surface area contributed by atoms with Crippen molar-refractivity contribution in [3.05, 3.63) is 39.7 Å². The number of anilines is 1. The van der Waals surface area contributed by atoms with Gasteiger partial charge in [0.15, 0.2) is 0 Å². The number of aromatic carboxylic acids is 1. The molecule has 2 aromatic heterocycles. The van der Waals surface area contributed by atoms with Crippen molar-refractivity contribution in [1.82, 2.24) is 14.9 Å². The predicted octanol–water partition coefficient (Wildman–Crippen LogP) is 1.26. The first-order chi connectivity index (χ1) is 11.0. The lowest BCUT2D eigenvalue weighted by molar-refractivity contribution is 0.0695. The Balaban J connectivity index is 2.26. The molecule has 3 rings (SSSR count). The molecule has 8 heteroatoms. The summed E-state index contributed by atoms with van der Waals surface area (Å²) >= 11 is 6.29. The molecule has 2 aromatic rings. The molecule has 0 saturated carbocycles. The molecule has 120 valence electrons. The van der Waals surface area contributed by atoms with E-state index in [0.29, 0.717) is 16.5 Å². The fraction of sp³-hybridized carbons (Fsp3) is 0.267. The zero-order valence-corrected chi connectivity index (χ0v) is 13.0. The van der Waals surface area contributed by atoms with E-state index in [1.54, 1.807) is 0 Å². The number of nitrogens with zero attached hydrogens (tertiary/aromatic N) is 3. The quantitative estimate of drug-likeness (QED) is 0.878. The Morgan fingerprint density at radius 2 is 2.13 bits per heavy atom. The minimum absolute atomic E-state index is 0.161. The van der Waals surface area contributed by atoms with E-state index >= 15 is 0 Å². The van der Waals surface area contributed by atoms with Crippen molar-refractivity contribution < 1.29 is 9.90 Å². The zero-order valence-electron chi connectivity index (χ0n) is 12.3. The summed E-state index contributed by atoms with van der Waals surface area (Å²) in [6.07, 6.45) is 2.64. The van der Waals surface area contributed by atoms with Crippen LogP contribution >= 0.6 is 11.6 Å². The highest BCUT2D eigenvalue weighted by Gasteiger charge is 2.20. The van der Waals surface area contributed by atoms with E-state index < -0.39 is 11.4 Å². The largest absolute Gasteiger partial charge is 0.477 e. The normalized spacial score (nSPS) is 14.9. The van der Waals surface area contributed by atoms with Crippen molar-refractivity contribution in [1.29, 1.82) is 0 Å². The Morgan fingerprint density at radius 3 is 2.74 bits per heavy atom. The van der Waals surface area contributed by atoms with Gasteiger partial charge in [-0.25, -0.2) is 9.78 Å². The maximum atomic E-state index is 12.3. The Kier molecular flexibility index (Phi) is 4.06. The zero-order chi connectivity index (χ0) is 16.6. The summed E-state index contributed by atoms with van der Waals surface area (Å²) in [7, 11) is 0. The van der Waals surface area contributed by atoms with Gasteiger partial charge in [-0.15, -0.1) is 0 Å². The Bertz CT molecular complexity index is 856. The van der Waals surface area contributed by atoms with Crippen LogP contribution in [-0.2, 0) is 0 Å². The second-order valence-electron chi connectivity index (χ2n) is 5.17. The Morgan fingerprint density at radius 1 is 1.43 bits per heavy atom. The van der Waals surface area contributed by atoms with E-state index in [1.807, 2.05) is 4.90 Å². The van der Waals surface area contributed by atoms with Gasteiger partial charge in [0.2, 0.25) is 5.43 Å². The molecule has 0 spiro atoms. The lowest BCUT2D eigenvalue weighted by Crippen LogP contribution is -2.44. The molecule has 2 N–H and O–H groups in total. The summed E-state index contributed by atoms with van der Waals surface area (Å²) < 4.78 is 1.43. The average Bonchev–Trinajstić information content (AvgIpc) is 2.55. The number of pyridine rings is 2. The van der Waals surface area contributed by atoms with Gasteiger partial charge < -0.3 is 19.9 Å². The molecule has 0 unspecified atom stereocenters. The monoisotopic (exact) mass is 334 g/mol. The predicted molar refractivity (Wildman–Crippen MR) is 89.4 cm³/mol.